The molecular weight excluding hydrogens is 380 g/mol. The first-order valence-electron chi connectivity index (χ1n) is 13.5. The van der Waals surface area contributed by atoms with E-state index in [-0.39, 0.29) is 11.0 Å². The highest BCUT2D eigenvalue weighted by Gasteiger charge is 2.87. The normalized spacial score (nSPS) is 61.3. The van der Waals surface area contributed by atoms with Gasteiger partial charge in [-0.3, -0.25) is 4.79 Å². The van der Waals surface area contributed by atoms with Gasteiger partial charge < -0.3 is 4.74 Å². The third kappa shape index (κ3) is 2.03. The summed E-state index contributed by atoms with van der Waals surface area (Å²) in [5, 5.41) is 0. The van der Waals surface area contributed by atoms with Gasteiger partial charge in [-0.15, -0.1) is 0 Å². The van der Waals surface area contributed by atoms with E-state index in [1.807, 2.05) is 0 Å². The maximum atomic E-state index is 12.7. The molecule has 0 aromatic carbocycles. The van der Waals surface area contributed by atoms with Crippen molar-refractivity contribution in [3.05, 3.63) is 0 Å². The Morgan fingerprint density at radius 2 is 1.32 bits per heavy atom. The van der Waals surface area contributed by atoms with Crippen molar-refractivity contribution in [1.82, 2.24) is 0 Å². The van der Waals surface area contributed by atoms with Gasteiger partial charge in [0.25, 0.3) is 0 Å². The van der Waals surface area contributed by atoms with Crippen LogP contribution in [0.2, 0.25) is 0 Å². The third-order valence-electron chi connectivity index (χ3n) is 13.8. The average Bonchev–Trinajstić information content (AvgIpc) is 3.28. The molecule has 1 spiro atoms. The largest absolute Gasteiger partial charge is 0.354 e. The van der Waals surface area contributed by atoms with Gasteiger partial charge >= 0.3 is 0 Å². The second-order valence-corrected chi connectivity index (χ2v) is 14.7. The second-order valence-electron chi connectivity index (χ2n) is 14.7. The van der Waals surface area contributed by atoms with E-state index in [1.165, 1.54) is 57.8 Å². The number of ether oxygens (including phenoxy) is 1. The smallest absolute Gasteiger partial charge is 0.164 e. The minimum absolute atomic E-state index is 0.132. The van der Waals surface area contributed by atoms with E-state index in [1.54, 1.807) is 6.92 Å². The fraction of sp³-hybridized carbons (Fsp3) is 0.966. The average molecular weight is 427 g/mol. The summed E-state index contributed by atoms with van der Waals surface area (Å²) < 4.78 is 6.54. The molecule has 0 unspecified atom stereocenters. The predicted molar refractivity (Wildman–Crippen MR) is 125 cm³/mol. The van der Waals surface area contributed by atoms with Crippen molar-refractivity contribution in [1.29, 1.82) is 0 Å². The third-order valence-corrected chi connectivity index (χ3v) is 13.8. The van der Waals surface area contributed by atoms with Crippen LogP contribution in [0.5, 0.6) is 0 Å². The summed E-state index contributed by atoms with van der Waals surface area (Å²) in [4.78, 5) is 12.7. The van der Waals surface area contributed by atoms with Crippen molar-refractivity contribution in [3.8, 4) is 0 Å². The van der Waals surface area contributed by atoms with Gasteiger partial charge in [0, 0.05) is 5.41 Å². The van der Waals surface area contributed by atoms with Crippen molar-refractivity contribution in [3.63, 3.8) is 0 Å². The number of Topliss-reactive ketones (excluding diaryl/α,β-unsaturated/α-hetero) is 1. The molecule has 0 N–H and O–H groups in total. The van der Waals surface area contributed by atoms with Crippen molar-refractivity contribution in [2.75, 3.05) is 0 Å². The maximum Gasteiger partial charge on any atom is 0.164 e. The molecule has 0 aromatic rings. The van der Waals surface area contributed by atoms with Gasteiger partial charge in [0.15, 0.2) is 11.4 Å². The Labute approximate surface area is 190 Å². The van der Waals surface area contributed by atoms with Crippen LogP contribution in [0, 0.1) is 44.8 Å². The van der Waals surface area contributed by atoms with Gasteiger partial charge in [-0.2, -0.15) is 0 Å². The van der Waals surface area contributed by atoms with Crippen LogP contribution in [0.15, 0.2) is 0 Å². The Bertz CT molecular complexity index is 846. The molecule has 2 nitrogen and oxygen atoms in total. The number of fused-ring (bicyclic) bond motifs is 6. The highest BCUT2D eigenvalue weighted by Crippen LogP contribution is 2.83. The summed E-state index contributed by atoms with van der Waals surface area (Å²) in [6.07, 6.45) is 14.4. The van der Waals surface area contributed by atoms with Crippen molar-refractivity contribution >= 4 is 5.78 Å². The molecule has 0 aromatic heterocycles. The second kappa shape index (κ2) is 5.64. The highest BCUT2D eigenvalue weighted by molar-refractivity contribution is 5.91. The molecule has 0 radical (unpaired) electrons. The summed E-state index contributed by atoms with van der Waals surface area (Å²) in [6.45, 7) is 17.6. The van der Waals surface area contributed by atoms with Gasteiger partial charge in [-0.25, -0.2) is 0 Å². The number of carbonyl (C=O) groups excluding carboxylic acids is 1. The minimum atomic E-state index is -0.419. The Balaban J connectivity index is 1.40. The fourth-order valence-corrected chi connectivity index (χ4v) is 12.2. The van der Waals surface area contributed by atoms with Crippen LogP contribution < -0.4 is 0 Å². The molecule has 6 rings (SSSR count). The Morgan fingerprint density at radius 1 is 0.677 bits per heavy atom. The molecule has 9 atom stereocenters. The Hall–Kier alpha value is -0.370. The molecule has 174 valence electrons. The maximum absolute atomic E-state index is 12.7. The van der Waals surface area contributed by atoms with Gasteiger partial charge in [-0.05, 0) is 111 Å². The summed E-state index contributed by atoms with van der Waals surface area (Å²) >= 11 is 0. The highest BCUT2D eigenvalue weighted by atomic mass is 16.6. The standard InChI is InChI=1S/C29H46O2/c1-19(30)28-17-15-27(7)22-10-9-21-24(4)13-8-12-23(2,3)20(24)11-14-25(21,5)26(22,6)16-18-29(27,28)31-28/h20-22H,8-18H2,1-7H3/t20-,21+,22-,24-,25+,26+,27+,28-,29-/m0/s1. The zero-order valence-electron chi connectivity index (χ0n) is 21.3. The predicted octanol–water partition coefficient (Wildman–Crippen LogP) is 7.34. The van der Waals surface area contributed by atoms with Crippen LogP contribution in [0.4, 0.5) is 0 Å². The van der Waals surface area contributed by atoms with Gasteiger partial charge in [0.2, 0.25) is 0 Å². The molecule has 5 aliphatic carbocycles. The monoisotopic (exact) mass is 426 g/mol. The quantitative estimate of drug-likeness (QED) is 0.410. The molecule has 0 amide bonds. The van der Waals surface area contributed by atoms with E-state index in [9.17, 15) is 4.79 Å². The summed E-state index contributed by atoms with van der Waals surface area (Å²) in [5.41, 5.74) is 1.45. The molecule has 2 heteroatoms. The van der Waals surface area contributed by atoms with Crippen LogP contribution in [-0.4, -0.2) is 17.0 Å². The van der Waals surface area contributed by atoms with Gasteiger partial charge in [-0.1, -0.05) is 48.0 Å². The zero-order valence-corrected chi connectivity index (χ0v) is 21.3. The summed E-state index contributed by atoms with van der Waals surface area (Å²) in [5.74, 6) is 2.75. The summed E-state index contributed by atoms with van der Waals surface area (Å²) in [6, 6.07) is 0. The lowest BCUT2D eigenvalue weighted by molar-refractivity contribution is -0.244. The Kier molecular flexibility index (Phi) is 3.85. The number of hydrogen-bond donors (Lipinski definition) is 0. The van der Waals surface area contributed by atoms with E-state index in [4.69, 9.17) is 4.74 Å². The molecule has 31 heavy (non-hydrogen) atoms. The van der Waals surface area contributed by atoms with Gasteiger partial charge in [0.1, 0.15) is 5.60 Å². The minimum Gasteiger partial charge on any atom is -0.354 e. The molecule has 5 saturated carbocycles. The van der Waals surface area contributed by atoms with Crippen molar-refractivity contribution in [2.24, 2.45) is 44.8 Å². The lowest BCUT2D eigenvalue weighted by Crippen LogP contribution is -2.67. The molecule has 0 bridgehead atoms. The summed E-state index contributed by atoms with van der Waals surface area (Å²) in [7, 11) is 0. The molecule has 1 saturated heterocycles. The van der Waals surface area contributed by atoms with Crippen LogP contribution in [0.3, 0.4) is 0 Å². The van der Waals surface area contributed by atoms with E-state index in [2.05, 4.69) is 41.5 Å². The zero-order chi connectivity index (χ0) is 22.3. The molecule has 1 heterocycles. The number of carbonyl (C=O) groups is 1. The lowest BCUT2D eigenvalue weighted by atomic mass is 9.32. The SMILES string of the molecule is CC(=O)[C@@]12CC[C@]3(C)[C@H]4CC[C@@H]5[C@@]6(C)CCCC(C)(C)[C@@H]6CC[C@@]5(C)[C@]4(C)CC[C@@]13O2. The van der Waals surface area contributed by atoms with E-state index >= 15 is 0 Å². The molecule has 1 aliphatic heterocycles. The topological polar surface area (TPSA) is 29.6 Å². The molecule has 6 fully saturated rings. The van der Waals surface area contributed by atoms with E-state index in [0.717, 1.165) is 24.7 Å². The molecular formula is C29H46O2. The van der Waals surface area contributed by atoms with Gasteiger partial charge in [0.05, 0.1) is 0 Å². The van der Waals surface area contributed by atoms with Crippen LogP contribution in [-0.2, 0) is 9.53 Å². The van der Waals surface area contributed by atoms with Crippen LogP contribution in [0.25, 0.3) is 0 Å². The Morgan fingerprint density at radius 3 is 2.00 bits per heavy atom. The number of rotatable bonds is 1. The van der Waals surface area contributed by atoms with Crippen LogP contribution >= 0.6 is 0 Å². The fourth-order valence-electron chi connectivity index (χ4n) is 12.2. The number of ketones is 1. The number of hydrogen-bond acceptors (Lipinski definition) is 2. The first-order chi connectivity index (χ1) is 14.3. The van der Waals surface area contributed by atoms with Crippen LogP contribution in [0.1, 0.15) is 119 Å². The molecule has 6 aliphatic rings. The van der Waals surface area contributed by atoms with Crippen molar-refractivity contribution in [2.45, 2.75) is 130 Å². The number of epoxide rings is 1. The first kappa shape index (κ1) is 21.2. The van der Waals surface area contributed by atoms with Crippen molar-refractivity contribution < 1.29 is 9.53 Å². The van der Waals surface area contributed by atoms with E-state index < -0.39 is 5.60 Å². The first-order valence-corrected chi connectivity index (χ1v) is 13.5. The lowest BCUT2D eigenvalue weighted by Gasteiger charge is -2.73. The van der Waals surface area contributed by atoms with E-state index in [0.29, 0.717) is 33.4 Å².